The standard InChI is InChI=1S/C14H21N3O3/c1-16(11-3-4-12(15)13(9-11)19-2)14(18)10-17-5-7-20-8-6-17/h3-4,9H,5-8,10,15H2,1-2H3. The molecule has 0 unspecified atom stereocenters. The summed E-state index contributed by atoms with van der Waals surface area (Å²) in [6.07, 6.45) is 0. The van der Waals surface area contributed by atoms with Gasteiger partial charge in [-0.15, -0.1) is 0 Å². The normalized spacial score (nSPS) is 15.9. The Balaban J connectivity index is 2.02. The van der Waals surface area contributed by atoms with Crippen LogP contribution in [0.5, 0.6) is 5.75 Å². The first kappa shape index (κ1) is 14.6. The van der Waals surface area contributed by atoms with Crippen LogP contribution in [0, 0.1) is 0 Å². The van der Waals surface area contributed by atoms with Crippen molar-refractivity contribution in [2.24, 2.45) is 0 Å². The molecule has 6 nitrogen and oxygen atoms in total. The summed E-state index contributed by atoms with van der Waals surface area (Å²) in [7, 11) is 3.32. The van der Waals surface area contributed by atoms with E-state index in [-0.39, 0.29) is 5.91 Å². The minimum absolute atomic E-state index is 0.0405. The van der Waals surface area contributed by atoms with E-state index in [0.29, 0.717) is 31.2 Å². The van der Waals surface area contributed by atoms with E-state index < -0.39 is 0 Å². The number of benzene rings is 1. The highest BCUT2D eigenvalue weighted by Crippen LogP contribution is 2.26. The molecular formula is C14H21N3O3. The Labute approximate surface area is 119 Å². The summed E-state index contributed by atoms with van der Waals surface area (Å²) in [6.45, 7) is 3.36. The van der Waals surface area contributed by atoms with Gasteiger partial charge in [-0.05, 0) is 12.1 Å². The quantitative estimate of drug-likeness (QED) is 0.816. The van der Waals surface area contributed by atoms with Crippen LogP contribution in [0.2, 0.25) is 0 Å². The number of hydrogen-bond acceptors (Lipinski definition) is 5. The van der Waals surface area contributed by atoms with Crippen molar-refractivity contribution < 1.29 is 14.3 Å². The van der Waals surface area contributed by atoms with Crippen molar-refractivity contribution in [3.63, 3.8) is 0 Å². The first-order valence-electron chi connectivity index (χ1n) is 6.62. The molecule has 1 amide bonds. The van der Waals surface area contributed by atoms with Gasteiger partial charge in [-0.1, -0.05) is 0 Å². The van der Waals surface area contributed by atoms with Crippen molar-refractivity contribution in [2.45, 2.75) is 0 Å². The molecule has 110 valence electrons. The topological polar surface area (TPSA) is 68.0 Å². The van der Waals surface area contributed by atoms with E-state index in [2.05, 4.69) is 4.90 Å². The Kier molecular flexibility index (Phi) is 4.81. The number of likely N-dealkylation sites (N-methyl/N-ethyl adjacent to an activating group) is 1. The Morgan fingerprint density at radius 2 is 2.15 bits per heavy atom. The summed E-state index contributed by atoms with van der Waals surface area (Å²) in [5.74, 6) is 0.618. The van der Waals surface area contributed by atoms with Crippen LogP contribution in [-0.4, -0.2) is 57.8 Å². The fourth-order valence-electron chi connectivity index (χ4n) is 2.11. The lowest BCUT2D eigenvalue weighted by molar-refractivity contribution is -0.120. The largest absolute Gasteiger partial charge is 0.495 e. The number of hydrogen-bond donors (Lipinski definition) is 1. The van der Waals surface area contributed by atoms with Gasteiger partial charge < -0.3 is 20.1 Å². The Morgan fingerprint density at radius 3 is 2.80 bits per heavy atom. The first-order chi connectivity index (χ1) is 9.61. The number of morpholine rings is 1. The molecule has 1 aliphatic rings. The van der Waals surface area contributed by atoms with Crippen molar-refractivity contribution in [1.82, 2.24) is 4.90 Å². The van der Waals surface area contributed by atoms with Crippen LogP contribution in [-0.2, 0) is 9.53 Å². The van der Waals surface area contributed by atoms with Gasteiger partial charge in [-0.25, -0.2) is 0 Å². The van der Waals surface area contributed by atoms with E-state index in [4.69, 9.17) is 15.2 Å². The number of methoxy groups -OCH3 is 1. The molecule has 1 aromatic rings. The lowest BCUT2D eigenvalue weighted by Gasteiger charge is -2.28. The van der Waals surface area contributed by atoms with Crippen LogP contribution in [0.15, 0.2) is 18.2 Å². The first-order valence-corrected chi connectivity index (χ1v) is 6.62. The number of anilines is 2. The van der Waals surface area contributed by atoms with E-state index in [1.165, 1.54) is 0 Å². The van der Waals surface area contributed by atoms with Crippen molar-refractivity contribution >= 4 is 17.3 Å². The van der Waals surface area contributed by atoms with Gasteiger partial charge in [-0.3, -0.25) is 9.69 Å². The van der Waals surface area contributed by atoms with Crippen LogP contribution in [0.1, 0.15) is 0 Å². The van der Waals surface area contributed by atoms with Gasteiger partial charge in [-0.2, -0.15) is 0 Å². The molecule has 2 N–H and O–H groups in total. The highest BCUT2D eigenvalue weighted by Gasteiger charge is 2.18. The maximum atomic E-state index is 12.3. The van der Waals surface area contributed by atoms with Gasteiger partial charge >= 0.3 is 0 Å². The minimum Gasteiger partial charge on any atom is -0.495 e. The van der Waals surface area contributed by atoms with E-state index in [0.717, 1.165) is 18.8 Å². The summed E-state index contributed by atoms with van der Waals surface area (Å²) in [5, 5.41) is 0. The van der Waals surface area contributed by atoms with E-state index in [1.807, 2.05) is 6.07 Å². The molecule has 1 heterocycles. The molecule has 0 aliphatic carbocycles. The number of nitrogen functional groups attached to an aromatic ring is 1. The monoisotopic (exact) mass is 279 g/mol. The maximum absolute atomic E-state index is 12.3. The zero-order valence-electron chi connectivity index (χ0n) is 12.0. The molecule has 0 atom stereocenters. The third-order valence-electron chi connectivity index (χ3n) is 3.44. The number of rotatable bonds is 4. The number of ether oxygens (including phenoxy) is 2. The smallest absolute Gasteiger partial charge is 0.240 e. The third-order valence-corrected chi connectivity index (χ3v) is 3.44. The Hall–Kier alpha value is -1.79. The highest BCUT2D eigenvalue weighted by molar-refractivity contribution is 5.94. The number of amides is 1. The van der Waals surface area contributed by atoms with E-state index >= 15 is 0 Å². The van der Waals surface area contributed by atoms with Gasteiger partial charge in [0, 0.05) is 31.9 Å². The summed E-state index contributed by atoms with van der Waals surface area (Å²) < 4.78 is 10.4. The molecule has 2 rings (SSSR count). The second-order valence-corrected chi connectivity index (χ2v) is 4.77. The molecule has 0 saturated carbocycles. The Bertz CT molecular complexity index is 473. The van der Waals surface area contributed by atoms with Crippen molar-refractivity contribution in [3.8, 4) is 5.75 Å². The molecule has 1 aromatic carbocycles. The van der Waals surface area contributed by atoms with Crippen molar-refractivity contribution in [1.29, 1.82) is 0 Å². The third kappa shape index (κ3) is 3.40. The van der Waals surface area contributed by atoms with E-state index in [9.17, 15) is 4.79 Å². The summed E-state index contributed by atoms with van der Waals surface area (Å²) in [4.78, 5) is 16.0. The fraction of sp³-hybridized carbons (Fsp3) is 0.500. The molecule has 20 heavy (non-hydrogen) atoms. The van der Waals surface area contributed by atoms with Crippen LogP contribution in [0.4, 0.5) is 11.4 Å². The number of nitrogens with two attached hydrogens (primary N) is 1. The lowest BCUT2D eigenvalue weighted by atomic mass is 10.2. The van der Waals surface area contributed by atoms with Crippen LogP contribution < -0.4 is 15.4 Å². The number of carbonyl (C=O) groups excluding carboxylic acids is 1. The Morgan fingerprint density at radius 1 is 1.45 bits per heavy atom. The second-order valence-electron chi connectivity index (χ2n) is 4.77. The molecule has 0 radical (unpaired) electrons. The SMILES string of the molecule is COc1cc(N(C)C(=O)CN2CCOCC2)ccc1N. The molecular weight excluding hydrogens is 258 g/mol. The molecule has 0 bridgehead atoms. The molecule has 0 aromatic heterocycles. The van der Waals surface area contributed by atoms with Gasteiger partial charge in [0.2, 0.25) is 5.91 Å². The second kappa shape index (κ2) is 6.58. The predicted molar refractivity (Wildman–Crippen MR) is 78.1 cm³/mol. The summed E-state index contributed by atoms with van der Waals surface area (Å²) >= 11 is 0. The summed E-state index contributed by atoms with van der Waals surface area (Å²) in [6, 6.07) is 5.33. The van der Waals surface area contributed by atoms with Gasteiger partial charge in [0.25, 0.3) is 0 Å². The average Bonchev–Trinajstić information content (AvgIpc) is 2.48. The van der Waals surface area contributed by atoms with E-state index in [1.54, 1.807) is 31.2 Å². The molecule has 1 saturated heterocycles. The average molecular weight is 279 g/mol. The summed E-state index contributed by atoms with van der Waals surface area (Å²) in [5.41, 5.74) is 7.11. The molecule has 1 fully saturated rings. The van der Waals surface area contributed by atoms with Crippen molar-refractivity contribution in [2.75, 3.05) is 57.6 Å². The zero-order chi connectivity index (χ0) is 14.5. The molecule has 0 spiro atoms. The minimum atomic E-state index is 0.0405. The highest BCUT2D eigenvalue weighted by atomic mass is 16.5. The number of nitrogens with zero attached hydrogens (tertiary/aromatic N) is 2. The van der Waals surface area contributed by atoms with Crippen LogP contribution >= 0.6 is 0 Å². The maximum Gasteiger partial charge on any atom is 0.240 e. The van der Waals surface area contributed by atoms with Crippen molar-refractivity contribution in [3.05, 3.63) is 18.2 Å². The zero-order valence-corrected chi connectivity index (χ0v) is 12.0. The molecule has 1 aliphatic heterocycles. The van der Waals surface area contributed by atoms with Gasteiger partial charge in [0.15, 0.2) is 0 Å². The fourth-order valence-corrected chi connectivity index (χ4v) is 2.11. The lowest BCUT2D eigenvalue weighted by Crippen LogP contribution is -2.43. The van der Waals surface area contributed by atoms with Crippen LogP contribution in [0.3, 0.4) is 0 Å². The van der Waals surface area contributed by atoms with Gasteiger partial charge in [0.05, 0.1) is 32.6 Å². The number of carbonyl (C=O) groups is 1. The van der Waals surface area contributed by atoms with Gasteiger partial charge in [0.1, 0.15) is 5.75 Å². The van der Waals surface area contributed by atoms with Crippen LogP contribution in [0.25, 0.3) is 0 Å². The predicted octanol–water partition coefficient (Wildman–Crippen LogP) is 0.572. The molecule has 6 heteroatoms.